The van der Waals surface area contributed by atoms with Gasteiger partial charge in [-0.1, -0.05) is 32.1 Å². The van der Waals surface area contributed by atoms with Gasteiger partial charge in [0.15, 0.2) is 0 Å². The summed E-state index contributed by atoms with van der Waals surface area (Å²) < 4.78 is 24.3. The first-order valence-electron chi connectivity index (χ1n) is 4.48. The van der Waals surface area contributed by atoms with Crippen LogP contribution < -0.4 is 0 Å². The molecule has 0 unspecified atom stereocenters. The first-order chi connectivity index (χ1) is 5.30. The Labute approximate surface area is 67.0 Å². The minimum atomic E-state index is -1.34. The molecule has 0 saturated heterocycles. The van der Waals surface area contributed by atoms with Gasteiger partial charge in [0.25, 0.3) is 0 Å². The Bertz CT molecular complexity index is 93.7. The van der Waals surface area contributed by atoms with Crippen molar-refractivity contribution in [3.8, 4) is 0 Å². The zero-order chi connectivity index (χ0) is 8.10. The van der Waals surface area contributed by atoms with Crippen molar-refractivity contribution in [2.24, 2.45) is 5.92 Å². The topological polar surface area (TPSA) is 0 Å². The van der Waals surface area contributed by atoms with Gasteiger partial charge in [-0.3, -0.25) is 0 Å². The standard InChI is InChI=1S/C9H15F2/c10-9(11)8-6-4-2-1-3-5-7-8/h8H,1-7H2. The van der Waals surface area contributed by atoms with E-state index in [0.717, 1.165) is 25.7 Å². The summed E-state index contributed by atoms with van der Waals surface area (Å²) in [5.41, 5.74) is 0. The predicted molar refractivity (Wildman–Crippen MR) is 41.3 cm³/mol. The van der Waals surface area contributed by atoms with Gasteiger partial charge in [0.2, 0.25) is 0 Å². The van der Waals surface area contributed by atoms with Crippen LogP contribution in [0.4, 0.5) is 8.78 Å². The lowest BCUT2D eigenvalue weighted by molar-refractivity contribution is 0.179. The minimum absolute atomic E-state index is 0.379. The molecule has 0 heterocycles. The fourth-order valence-electron chi connectivity index (χ4n) is 1.67. The summed E-state index contributed by atoms with van der Waals surface area (Å²) in [7, 11) is 0. The highest BCUT2D eigenvalue weighted by molar-refractivity contribution is 4.75. The SMILES string of the molecule is F[C](F)C1CCCCCCC1. The molecule has 0 aromatic carbocycles. The van der Waals surface area contributed by atoms with Gasteiger partial charge >= 0.3 is 6.43 Å². The van der Waals surface area contributed by atoms with Crippen molar-refractivity contribution >= 4 is 0 Å². The van der Waals surface area contributed by atoms with Gasteiger partial charge < -0.3 is 0 Å². The van der Waals surface area contributed by atoms with Crippen LogP contribution in [0.3, 0.4) is 0 Å². The second-order valence-electron chi connectivity index (χ2n) is 3.33. The van der Waals surface area contributed by atoms with E-state index in [2.05, 4.69) is 0 Å². The molecule has 0 nitrogen and oxygen atoms in total. The van der Waals surface area contributed by atoms with Crippen molar-refractivity contribution in [1.82, 2.24) is 0 Å². The molecule has 11 heavy (non-hydrogen) atoms. The number of hydrogen-bond acceptors (Lipinski definition) is 0. The molecule has 1 rings (SSSR count). The molecule has 65 valence electrons. The summed E-state index contributed by atoms with van der Waals surface area (Å²) >= 11 is 0. The summed E-state index contributed by atoms with van der Waals surface area (Å²) in [6, 6.07) is 0. The van der Waals surface area contributed by atoms with Gasteiger partial charge in [-0.25, -0.2) is 0 Å². The Morgan fingerprint density at radius 1 is 0.818 bits per heavy atom. The molecule has 2 heteroatoms. The molecule has 1 fully saturated rings. The molecule has 0 aromatic rings. The average Bonchev–Trinajstić information content (AvgIpc) is 1.84. The third-order valence-electron chi connectivity index (χ3n) is 2.41. The van der Waals surface area contributed by atoms with Crippen molar-refractivity contribution < 1.29 is 8.78 Å². The molecule has 0 bridgehead atoms. The Kier molecular flexibility index (Phi) is 3.81. The van der Waals surface area contributed by atoms with E-state index in [0.29, 0.717) is 12.8 Å². The second kappa shape index (κ2) is 4.68. The zero-order valence-electron chi connectivity index (χ0n) is 6.78. The Morgan fingerprint density at radius 2 is 1.27 bits per heavy atom. The average molecular weight is 161 g/mol. The van der Waals surface area contributed by atoms with Crippen LogP contribution in [-0.4, -0.2) is 0 Å². The van der Waals surface area contributed by atoms with Crippen LogP contribution in [0.1, 0.15) is 44.9 Å². The maximum absolute atomic E-state index is 12.2. The van der Waals surface area contributed by atoms with Crippen LogP contribution in [-0.2, 0) is 0 Å². The Balaban J connectivity index is 2.26. The highest BCUT2D eigenvalue weighted by Gasteiger charge is 2.22. The third kappa shape index (κ3) is 3.17. The van der Waals surface area contributed by atoms with Crippen molar-refractivity contribution in [2.45, 2.75) is 44.9 Å². The normalized spacial score (nSPS) is 23.2. The zero-order valence-corrected chi connectivity index (χ0v) is 6.78. The molecule has 1 aliphatic rings. The van der Waals surface area contributed by atoms with E-state index < -0.39 is 6.43 Å². The van der Waals surface area contributed by atoms with Gasteiger partial charge in [-0.05, 0) is 12.8 Å². The van der Waals surface area contributed by atoms with Gasteiger partial charge in [-0.15, -0.1) is 0 Å². The smallest absolute Gasteiger partial charge is 0.200 e. The van der Waals surface area contributed by atoms with Gasteiger partial charge in [-0.2, -0.15) is 8.78 Å². The summed E-state index contributed by atoms with van der Waals surface area (Å²) in [5.74, 6) is -0.379. The lowest BCUT2D eigenvalue weighted by Crippen LogP contribution is -2.06. The third-order valence-corrected chi connectivity index (χ3v) is 2.41. The van der Waals surface area contributed by atoms with Crippen molar-refractivity contribution in [3.05, 3.63) is 6.43 Å². The fourth-order valence-corrected chi connectivity index (χ4v) is 1.67. The lowest BCUT2D eigenvalue weighted by Gasteiger charge is -2.16. The number of rotatable bonds is 1. The number of halogens is 2. The largest absolute Gasteiger partial charge is 0.313 e. The van der Waals surface area contributed by atoms with Crippen LogP contribution in [0, 0.1) is 12.3 Å². The summed E-state index contributed by atoms with van der Waals surface area (Å²) in [4.78, 5) is 0. The van der Waals surface area contributed by atoms with E-state index in [9.17, 15) is 8.78 Å². The van der Waals surface area contributed by atoms with E-state index in [1.807, 2.05) is 0 Å². The fraction of sp³-hybridized carbons (Fsp3) is 0.889. The maximum Gasteiger partial charge on any atom is 0.313 e. The van der Waals surface area contributed by atoms with Crippen molar-refractivity contribution in [3.63, 3.8) is 0 Å². The summed E-state index contributed by atoms with van der Waals surface area (Å²) in [6.07, 6.45) is 5.58. The maximum atomic E-state index is 12.2. The molecule has 1 aliphatic carbocycles. The molecular formula is C9H15F2. The summed E-state index contributed by atoms with van der Waals surface area (Å²) in [6.45, 7) is 0. The van der Waals surface area contributed by atoms with Crippen molar-refractivity contribution in [1.29, 1.82) is 0 Å². The van der Waals surface area contributed by atoms with E-state index in [1.54, 1.807) is 0 Å². The highest BCUT2D eigenvalue weighted by atomic mass is 19.3. The van der Waals surface area contributed by atoms with Gasteiger partial charge in [0.1, 0.15) is 0 Å². The van der Waals surface area contributed by atoms with Crippen LogP contribution >= 0.6 is 0 Å². The molecule has 0 atom stereocenters. The van der Waals surface area contributed by atoms with E-state index >= 15 is 0 Å². The second-order valence-corrected chi connectivity index (χ2v) is 3.33. The van der Waals surface area contributed by atoms with E-state index in [-0.39, 0.29) is 5.92 Å². The molecular weight excluding hydrogens is 146 g/mol. The molecule has 0 aliphatic heterocycles. The van der Waals surface area contributed by atoms with Crippen LogP contribution in [0.5, 0.6) is 0 Å². The molecule has 0 amide bonds. The molecule has 1 radical (unpaired) electrons. The molecule has 0 N–H and O–H groups in total. The van der Waals surface area contributed by atoms with E-state index in [1.165, 1.54) is 6.42 Å². The molecule has 0 aromatic heterocycles. The monoisotopic (exact) mass is 161 g/mol. The minimum Gasteiger partial charge on any atom is -0.200 e. The van der Waals surface area contributed by atoms with Crippen LogP contribution in [0.15, 0.2) is 0 Å². The molecule has 1 saturated carbocycles. The van der Waals surface area contributed by atoms with Crippen LogP contribution in [0.2, 0.25) is 0 Å². The number of hydrogen-bond donors (Lipinski definition) is 0. The van der Waals surface area contributed by atoms with Gasteiger partial charge in [0, 0.05) is 5.92 Å². The van der Waals surface area contributed by atoms with Gasteiger partial charge in [0.05, 0.1) is 0 Å². The first-order valence-corrected chi connectivity index (χ1v) is 4.48. The summed E-state index contributed by atoms with van der Waals surface area (Å²) in [5, 5.41) is 0. The highest BCUT2D eigenvalue weighted by Crippen LogP contribution is 2.30. The van der Waals surface area contributed by atoms with Crippen LogP contribution in [0.25, 0.3) is 0 Å². The van der Waals surface area contributed by atoms with Crippen molar-refractivity contribution in [2.75, 3.05) is 0 Å². The quantitative estimate of drug-likeness (QED) is 0.549. The first kappa shape index (κ1) is 8.95. The predicted octanol–water partition coefficient (Wildman–Crippen LogP) is 3.78. The lowest BCUT2D eigenvalue weighted by atomic mass is 9.92. The van der Waals surface area contributed by atoms with E-state index in [4.69, 9.17) is 0 Å². The Hall–Kier alpha value is -0.140. The molecule has 0 spiro atoms. The Morgan fingerprint density at radius 3 is 1.73 bits per heavy atom.